The van der Waals surface area contributed by atoms with Crippen LogP contribution in [0.3, 0.4) is 0 Å². The van der Waals surface area contributed by atoms with Crippen LogP contribution in [0.4, 0.5) is 5.69 Å². The van der Waals surface area contributed by atoms with Gasteiger partial charge >= 0.3 is 0 Å². The van der Waals surface area contributed by atoms with Gasteiger partial charge in [0.2, 0.25) is 0 Å². The van der Waals surface area contributed by atoms with Gasteiger partial charge in [0.25, 0.3) is 10.0 Å². The molecule has 1 aromatic carbocycles. The molecule has 0 bridgehead atoms. The molecule has 6 heteroatoms. The lowest BCUT2D eigenvalue weighted by molar-refractivity contribution is 0.603. The molecule has 0 aliphatic heterocycles. The molecule has 0 saturated heterocycles. The van der Waals surface area contributed by atoms with Gasteiger partial charge in [-0.2, -0.15) is 0 Å². The maximum absolute atomic E-state index is 12.3. The maximum atomic E-state index is 12.3. The predicted molar refractivity (Wildman–Crippen MR) is 83.7 cm³/mol. The number of thiophene rings is 1. The molecule has 20 heavy (non-hydrogen) atoms. The fraction of sp³-hybridized carbons (Fsp3) is 0.286. The number of aryl methyl sites for hydroxylation is 1. The molecule has 2 N–H and O–H groups in total. The topological polar surface area (TPSA) is 58.2 Å². The Morgan fingerprint density at radius 3 is 2.70 bits per heavy atom. The monoisotopic (exact) mass is 310 g/mol. The fourth-order valence-corrected chi connectivity index (χ4v) is 4.11. The van der Waals surface area contributed by atoms with E-state index in [0.29, 0.717) is 16.4 Å². The largest absolute Gasteiger partial charge is 0.316 e. The van der Waals surface area contributed by atoms with E-state index in [1.54, 1.807) is 12.1 Å². The molecule has 1 aromatic heterocycles. The van der Waals surface area contributed by atoms with E-state index in [1.807, 2.05) is 37.6 Å². The highest BCUT2D eigenvalue weighted by atomic mass is 32.2. The van der Waals surface area contributed by atoms with Crippen LogP contribution < -0.4 is 10.0 Å². The third-order valence-electron chi connectivity index (χ3n) is 2.86. The second-order valence-electron chi connectivity index (χ2n) is 4.46. The van der Waals surface area contributed by atoms with E-state index < -0.39 is 10.0 Å². The number of rotatable bonds is 6. The highest BCUT2D eigenvalue weighted by Gasteiger charge is 2.16. The van der Waals surface area contributed by atoms with Crippen molar-refractivity contribution >= 4 is 27.0 Å². The van der Waals surface area contributed by atoms with Crippen molar-refractivity contribution in [2.24, 2.45) is 0 Å². The number of anilines is 1. The van der Waals surface area contributed by atoms with Gasteiger partial charge in [-0.3, -0.25) is 4.72 Å². The number of hydrogen-bond donors (Lipinski definition) is 2. The summed E-state index contributed by atoms with van der Waals surface area (Å²) in [5, 5.41) is 4.86. The zero-order chi connectivity index (χ0) is 14.6. The van der Waals surface area contributed by atoms with Crippen molar-refractivity contribution in [3.05, 3.63) is 46.8 Å². The van der Waals surface area contributed by atoms with Crippen molar-refractivity contribution in [3.8, 4) is 0 Å². The molecule has 0 aliphatic carbocycles. The molecule has 1 heterocycles. The van der Waals surface area contributed by atoms with Crippen LogP contribution in [0.2, 0.25) is 0 Å². The molecular weight excluding hydrogens is 292 g/mol. The quantitative estimate of drug-likeness (QED) is 0.862. The summed E-state index contributed by atoms with van der Waals surface area (Å²) in [5.41, 5.74) is 2.68. The fourth-order valence-electron chi connectivity index (χ4n) is 1.85. The third kappa shape index (κ3) is 3.59. The summed E-state index contributed by atoms with van der Waals surface area (Å²) in [6, 6.07) is 9.16. The third-order valence-corrected chi connectivity index (χ3v) is 5.73. The van der Waals surface area contributed by atoms with Gasteiger partial charge in [0.15, 0.2) is 0 Å². The molecule has 0 radical (unpaired) electrons. The lowest BCUT2D eigenvalue weighted by atomic mass is 10.1. The van der Waals surface area contributed by atoms with Crippen LogP contribution in [0.15, 0.2) is 39.9 Å². The van der Waals surface area contributed by atoms with Gasteiger partial charge in [-0.1, -0.05) is 19.1 Å². The van der Waals surface area contributed by atoms with Crippen molar-refractivity contribution < 1.29 is 8.42 Å². The second kappa shape index (κ2) is 6.39. The molecule has 0 atom stereocenters. The minimum absolute atomic E-state index is 0.338. The van der Waals surface area contributed by atoms with Gasteiger partial charge in [-0.15, -0.1) is 11.3 Å². The van der Waals surface area contributed by atoms with Crippen molar-refractivity contribution in [1.29, 1.82) is 0 Å². The van der Waals surface area contributed by atoms with Crippen LogP contribution in [0.1, 0.15) is 18.1 Å². The molecule has 0 aliphatic rings. The van der Waals surface area contributed by atoms with Gasteiger partial charge in [-0.05, 0) is 48.2 Å². The van der Waals surface area contributed by atoms with E-state index in [4.69, 9.17) is 0 Å². The Morgan fingerprint density at radius 1 is 1.20 bits per heavy atom. The molecule has 2 aromatic rings. The molecule has 2 rings (SSSR count). The standard InChI is InChI=1S/C14H18N2O2S2/c1-3-11-5-4-6-13(7-11)16-20(17,18)14-8-12(9-15-2)10-19-14/h4-8,10,15-16H,3,9H2,1-2H3. The average Bonchev–Trinajstić information content (AvgIpc) is 2.88. The highest BCUT2D eigenvalue weighted by Crippen LogP contribution is 2.23. The zero-order valence-electron chi connectivity index (χ0n) is 11.5. The molecule has 0 saturated carbocycles. The summed E-state index contributed by atoms with van der Waals surface area (Å²) in [6.07, 6.45) is 0.876. The second-order valence-corrected chi connectivity index (χ2v) is 7.28. The Bertz CT molecular complexity index is 678. The first kappa shape index (κ1) is 15.0. The lowest BCUT2D eigenvalue weighted by Gasteiger charge is -2.07. The average molecular weight is 310 g/mol. The van der Waals surface area contributed by atoms with Crippen LogP contribution in [0, 0.1) is 0 Å². The molecule has 108 valence electrons. The molecule has 4 nitrogen and oxygen atoms in total. The van der Waals surface area contributed by atoms with Gasteiger partial charge in [0.05, 0.1) is 0 Å². The van der Waals surface area contributed by atoms with E-state index in [1.165, 1.54) is 11.3 Å². The highest BCUT2D eigenvalue weighted by molar-refractivity contribution is 7.94. The summed E-state index contributed by atoms with van der Waals surface area (Å²) in [7, 11) is -1.66. The summed E-state index contributed by atoms with van der Waals surface area (Å²) in [5.74, 6) is 0. The van der Waals surface area contributed by atoms with Gasteiger partial charge in [-0.25, -0.2) is 8.42 Å². The maximum Gasteiger partial charge on any atom is 0.271 e. The van der Waals surface area contributed by atoms with Crippen molar-refractivity contribution in [2.75, 3.05) is 11.8 Å². The summed E-state index contributed by atoms with van der Waals surface area (Å²) >= 11 is 1.24. The smallest absolute Gasteiger partial charge is 0.271 e. The van der Waals surface area contributed by atoms with Crippen LogP contribution in [-0.4, -0.2) is 15.5 Å². The van der Waals surface area contributed by atoms with E-state index >= 15 is 0 Å². The van der Waals surface area contributed by atoms with Crippen molar-refractivity contribution in [3.63, 3.8) is 0 Å². The first-order valence-electron chi connectivity index (χ1n) is 6.39. The molecule has 0 fully saturated rings. The van der Waals surface area contributed by atoms with E-state index in [0.717, 1.165) is 17.5 Å². The Kier molecular flexibility index (Phi) is 4.80. The molecule has 0 unspecified atom stereocenters. The van der Waals surface area contributed by atoms with E-state index in [-0.39, 0.29) is 0 Å². The van der Waals surface area contributed by atoms with Crippen LogP contribution in [0.5, 0.6) is 0 Å². The van der Waals surface area contributed by atoms with Gasteiger partial charge < -0.3 is 5.32 Å². The predicted octanol–water partition coefficient (Wildman–Crippen LogP) is 2.83. The number of sulfonamides is 1. The lowest BCUT2D eigenvalue weighted by Crippen LogP contribution is -2.11. The minimum atomic E-state index is -3.50. The van der Waals surface area contributed by atoms with E-state index in [9.17, 15) is 8.42 Å². The number of hydrogen-bond acceptors (Lipinski definition) is 4. The Hall–Kier alpha value is -1.37. The van der Waals surface area contributed by atoms with Crippen LogP contribution >= 0.6 is 11.3 Å². The number of benzene rings is 1. The SMILES string of the molecule is CCc1cccc(NS(=O)(=O)c2cc(CNC)cs2)c1. The van der Waals surface area contributed by atoms with Gasteiger partial charge in [0, 0.05) is 12.2 Å². The Labute approximate surface area is 123 Å². The first-order valence-corrected chi connectivity index (χ1v) is 8.75. The first-order chi connectivity index (χ1) is 9.55. The molecule has 0 amide bonds. The van der Waals surface area contributed by atoms with E-state index in [2.05, 4.69) is 10.0 Å². The summed E-state index contributed by atoms with van der Waals surface area (Å²) in [6.45, 7) is 2.70. The Morgan fingerprint density at radius 2 is 2.00 bits per heavy atom. The zero-order valence-corrected chi connectivity index (χ0v) is 13.1. The molecular formula is C14H18N2O2S2. The normalized spacial score (nSPS) is 11.5. The number of nitrogens with one attached hydrogen (secondary N) is 2. The van der Waals surface area contributed by atoms with Crippen molar-refractivity contribution in [2.45, 2.75) is 24.1 Å². The van der Waals surface area contributed by atoms with Gasteiger partial charge in [0.1, 0.15) is 4.21 Å². The summed E-state index contributed by atoms with van der Waals surface area (Å²) in [4.78, 5) is 0. The Balaban J connectivity index is 2.21. The molecule has 0 spiro atoms. The summed E-state index contributed by atoms with van der Waals surface area (Å²) < 4.78 is 27.6. The van der Waals surface area contributed by atoms with Crippen LogP contribution in [-0.2, 0) is 23.0 Å². The van der Waals surface area contributed by atoms with Crippen molar-refractivity contribution in [1.82, 2.24) is 5.32 Å². The van der Waals surface area contributed by atoms with Crippen LogP contribution in [0.25, 0.3) is 0 Å². The minimum Gasteiger partial charge on any atom is -0.316 e.